The maximum absolute atomic E-state index is 11.4. The van der Waals surface area contributed by atoms with Crippen LogP contribution in [-0.2, 0) is 4.79 Å². The largest absolute Gasteiger partial charge is 0.495 e. The smallest absolute Gasteiger partial charge is 0.224 e. The van der Waals surface area contributed by atoms with Gasteiger partial charge in [0.2, 0.25) is 5.91 Å². The number of methoxy groups -OCH3 is 1. The van der Waals surface area contributed by atoms with Crippen molar-refractivity contribution in [2.24, 2.45) is 5.73 Å². The lowest BCUT2D eigenvalue weighted by atomic mass is 10.0. The molecule has 1 heterocycles. The van der Waals surface area contributed by atoms with Crippen LogP contribution in [0.1, 0.15) is 24.4 Å². The van der Waals surface area contributed by atoms with E-state index in [2.05, 4.69) is 5.32 Å². The summed E-state index contributed by atoms with van der Waals surface area (Å²) < 4.78 is 5.13. The summed E-state index contributed by atoms with van der Waals surface area (Å²) in [7, 11) is 1.55. The quantitative estimate of drug-likeness (QED) is 0.790. The van der Waals surface area contributed by atoms with E-state index in [1.54, 1.807) is 19.2 Å². The van der Waals surface area contributed by atoms with Gasteiger partial charge in [0.1, 0.15) is 5.75 Å². The van der Waals surface area contributed by atoms with Gasteiger partial charge in [-0.3, -0.25) is 4.79 Å². The van der Waals surface area contributed by atoms with Gasteiger partial charge >= 0.3 is 0 Å². The van der Waals surface area contributed by atoms with Crippen LogP contribution in [0.3, 0.4) is 0 Å². The van der Waals surface area contributed by atoms with Gasteiger partial charge in [-0.1, -0.05) is 11.6 Å². The van der Waals surface area contributed by atoms with Crippen molar-refractivity contribution in [2.75, 3.05) is 12.4 Å². The normalized spacial score (nSPS) is 19.7. The van der Waals surface area contributed by atoms with E-state index in [4.69, 9.17) is 22.1 Å². The minimum atomic E-state index is -0.167. The molecule has 1 aliphatic heterocycles. The average molecular weight is 241 g/mol. The van der Waals surface area contributed by atoms with Crippen LogP contribution >= 0.6 is 11.6 Å². The first-order valence-corrected chi connectivity index (χ1v) is 5.42. The maximum atomic E-state index is 11.4. The van der Waals surface area contributed by atoms with Crippen LogP contribution in [0, 0.1) is 0 Å². The molecule has 0 radical (unpaired) electrons. The number of hydrogen-bond donors (Lipinski definition) is 2. The monoisotopic (exact) mass is 240 g/mol. The number of halogens is 1. The summed E-state index contributed by atoms with van der Waals surface area (Å²) in [6.07, 6.45) is 1.05. The van der Waals surface area contributed by atoms with Gasteiger partial charge < -0.3 is 15.8 Å². The molecule has 1 atom stereocenters. The number of benzene rings is 1. The van der Waals surface area contributed by atoms with Crippen molar-refractivity contribution in [1.82, 2.24) is 0 Å². The number of rotatable bonds is 1. The third-order valence-electron chi connectivity index (χ3n) is 2.68. The van der Waals surface area contributed by atoms with E-state index in [0.29, 0.717) is 29.3 Å². The number of nitrogens with two attached hydrogens (primary N) is 1. The number of fused-ring (bicyclic) bond motifs is 1. The van der Waals surface area contributed by atoms with E-state index in [0.717, 1.165) is 5.56 Å². The molecular weight excluding hydrogens is 228 g/mol. The first-order valence-electron chi connectivity index (χ1n) is 5.04. The average Bonchev–Trinajstić information content (AvgIpc) is 2.38. The zero-order chi connectivity index (χ0) is 11.7. The number of carbonyl (C=O) groups excluding carboxylic acids is 1. The van der Waals surface area contributed by atoms with E-state index in [1.807, 2.05) is 0 Å². The van der Waals surface area contributed by atoms with Gasteiger partial charge in [0.25, 0.3) is 0 Å². The highest BCUT2D eigenvalue weighted by Crippen LogP contribution is 2.36. The molecule has 1 unspecified atom stereocenters. The van der Waals surface area contributed by atoms with E-state index in [-0.39, 0.29) is 11.9 Å². The molecule has 3 N–H and O–H groups in total. The first kappa shape index (κ1) is 11.2. The highest BCUT2D eigenvalue weighted by Gasteiger charge is 2.21. The highest BCUT2D eigenvalue weighted by molar-refractivity contribution is 6.32. The lowest BCUT2D eigenvalue weighted by molar-refractivity contribution is -0.116. The molecule has 0 spiro atoms. The zero-order valence-corrected chi connectivity index (χ0v) is 9.67. The van der Waals surface area contributed by atoms with Crippen LogP contribution in [0.15, 0.2) is 12.1 Å². The molecule has 0 saturated carbocycles. The summed E-state index contributed by atoms with van der Waals surface area (Å²) in [5.74, 6) is 0.544. The molecule has 0 saturated heterocycles. The van der Waals surface area contributed by atoms with Crippen molar-refractivity contribution < 1.29 is 9.53 Å². The molecule has 1 amide bonds. The first-order chi connectivity index (χ1) is 7.61. The van der Waals surface area contributed by atoms with Crippen molar-refractivity contribution in [1.29, 1.82) is 0 Å². The molecule has 1 aromatic rings. The number of ether oxygens (including phenoxy) is 1. The molecule has 2 rings (SSSR count). The molecule has 1 aromatic carbocycles. The van der Waals surface area contributed by atoms with Crippen LogP contribution in [0.4, 0.5) is 5.69 Å². The summed E-state index contributed by atoms with van der Waals surface area (Å²) >= 11 is 5.99. The number of hydrogen-bond acceptors (Lipinski definition) is 3. The fraction of sp³-hybridized carbons (Fsp3) is 0.364. The molecular formula is C11H13ClN2O2. The Hall–Kier alpha value is -1.26. The Morgan fingerprint density at radius 2 is 2.31 bits per heavy atom. The minimum absolute atomic E-state index is 0.0320. The second-order valence-electron chi connectivity index (χ2n) is 3.77. The number of anilines is 1. The summed E-state index contributed by atoms with van der Waals surface area (Å²) in [5, 5.41) is 3.25. The summed E-state index contributed by atoms with van der Waals surface area (Å²) in [6.45, 7) is 0. The van der Waals surface area contributed by atoms with Gasteiger partial charge in [0.15, 0.2) is 0 Å². The molecule has 1 aliphatic rings. The number of carbonyl (C=O) groups is 1. The topological polar surface area (TPSA) is 64.3 Å². The molecule has 86 valence electrons. The highest BCUT2D eigenvalue weighted by atomic mass is 35.5. The predicted octanol–water partition coefficient (Wildman–Crippen LogP) is 2.08. The Bertz CT molecular complexity index is 434. The number of amides is 1. The van der Waals surface area contributed by atoms with Crippen molar-refractivity contribution >= 4 is 23.2 Å². The minimum Gasteiger partial charge on any atom is -0.495 e. The lowest BCUT2D eigenvalue weighted by Crippen LogP contribution is -2.09. The van der Waals surface area contributed by atoms with Crippen LogP contribution in [0.5, 0.6) is 5.75 Å². The Kier molecular flexibility index (Phi) is 3.03. The lowest BCUT2D eigenvalue weighted by Gasteiger charge is -2.14. The molecule has 0 aromatic heterocycles. The zero-order valence-electron chi connectivity index (χ0n) is 8.92. The molecule has 16 heavy (non-hydrogen) atoms. The Morgan fingerprint density at radius 3 is 3.00 bits per heavy atom. The predicted molar refractivity (Wildman–Crippen MR) is 62.8 cm³/mol. The standard InChI is InChI=1S/C11H13ClN2O2/c1-16-10-4-6-8(13)2-3-11(15)14-9(6)5-7(10)12/h4-5,8H,2-3,13H2,1H3,(H,14,15). The van der Waals surface area contributed by atoms with Crippen molar-refractivity contribution in [3.8, 4) is 5.75 Å². The molecule has 0 fully saturated rings. The van der Waals surface area contributed by atoms with Crippen molar-refractivity contribution in [2.45, 2.75) is 18.9 Å². The van der Waals surface area contributed by atoms with E-state index in [1.165, 1.54) is 0 Å². The molecule has 0 bridgehead atoms. The van der Waals surface area contributed by atoms with Crippen LogP contribution < -0.4 is 15.8 Å². The van der Waals surface area contributed by atoms with Gasteiger partial charge in [-0.15, -0.1) is 0 Å². The Morgan fingerprint density at radius 1 is 1.56 bits per heavy atom. The fourth-order valence-electron chi connectivity index (χ4n) is 1.80. The van der Waals surface area contributed by atoms with Gasteiger partial charge in [0, 0.05) is 18.2 Å². The second-order valence-corrected chi connectivity index (χ2v) is 4.17. The molecule has 4 nitrogen and oxygen atoms in total. The maximum Gasteiger partial charge on any atom is 0.224 e. The van der Waals surface area contributed by atoms with Crippen LogP contribution in [0.2, 0.25) is 5.02 Å². The van der Waals surface area contributed by atoms with Gasteiger partial charge in [-0.25, -0.2) is 0 Å². The van der Waals surface area contributed by atoms with E-state index >= 15 is 0 Å². The summed E-state index contributed by atoms with van der Waals surface area (Å²) in [6, 6.07) is 3.30. The third kappa shape index (κ3) is 1.99. The third-order valence-corrected chi connectivity index (χ3v) is 2.98. The Labute approximate surface area is 98.7 Å². The fourth-order valence-corrected chi connectivity index (χ4v) is 2.04. The van der Waals surface area contributed by atoms with Crippen LogP contribution in [0.25, 0.3) is 0 Å². The van der Waals surface area contributed by atoms with E-state index < -0.39 is 0 Å². The van der Waals surface area contributed by atoms with Gasteiger partial charge in [-0.05, 0) is 24.1 Å². The van der Waals surface area contributed by atoms with Crippen molar-refractivity contribution in [3.05, 3.63) is 22.7 Å². The van der Waals surface area contributed by atoms with Gasteiger partial charge in [0.05, 0.1) is 12.1 Å². The Balaban J connectivity index is 2.51. The second kappa shape index (κ2) is 4.31. The van der Waals surface area contributed by atoms with Gasteiger partial charge in [-0.2, -0.15) is 0 Å². The summed E-state index contributed by atoms with van der Waals surface area (Å²) in [5.41, 5.74) is 7.54. The van der Waals surface area contributed by atoms with Crippen LogP contribution in [-0.4, -0.2) is 13.0 Å². The molecule has 5 heteroatoms. The number of nitrogens with one attached hydrogen (secondary N) is 1. The van der Waals surface area contributed by atoms with E-state index in [9.17, 15) is 4.79 Å². The SMILES string of the molecule is COc1cc2c(cc1Cl)NC(=O)CCC2N. The summed E-state index contributed by atoms with van der Waals surface area (Å²) in [4.78, 5) is 11.4. The molecule has 0 aliphatic carbocycles. The van der Waals surface area contributed by atoms with Crippen molar-refractivity contribution in [3.63, 3.8) is 0 Å².